The molecule has 2 aromatic rings. The van der Waals surface area contributed by atoms with Crippen LogP contribution in [-0.4, -0.2) is 58.4 Å². The van der Waals surface area contributed by atoms with Gasteiger partial charge in [0.25, 0.3) is 0 Å². The number of rotatable bonds is 5. The van der Waals surface area contributed by atoms with Gasteiger partial charge in [0.05, 0.1) is 0 Å². The first-order chi connectivity index (χ1) is 9.59. The monoisotopic (exact) mass is 404 g/mol. The van der Waals surface area contributed by atoms with Gasteiger partial charge in [0, 0.05) is 0 Å². The van der Waals surface area contributed by atoms with Crippen LogP contribution in [0.3, 0.4) is 0 Å². The number of carboxylic acid groups (broad SMARTS) is 2. The van der Waals surface area contributed by atoms with E-state index in [-0.39, 0.29) is 37.4 Å². The fourth-order valence-corrected chi connectivity index (χ4v) is 7.73. The van der Waals surface area contributed by atoms with Gasteiger partial charge in [0.15, 0.2) is 0 Å². The topological polar surface area (TPSA) is 100 Å². The third-order valence-corrected chi connectivity index (χ3v) is 8.76. The van der Waals surface area contributed by atoms with E-state index in [9.17, 15) is 9.59 Å². The van der Waals surface area contributed by atoms with Crippen LogP contribution in [0.2, 0.25) is 0 Å². The number of aromatic nitrogens is 2. The fraction of sp³-hybridized carbons (Fsp3) is 0. The van der Waals surface area contributed by atoms with Gasteiger partial charge >= 0.3 is 125 Å². The molecule has 2 rings (SSSR count). The molecule has 0 amide bonds. The minimum absolute atomic E-state index is 0.169. The Morgan fingerprint density at radius 3 is 1.60 bits per heavy atom. The van der Waals surface area contributed by atoms with Crippen molar-refractivity contribution < 1.29 is 19.8 Å². The Labute approximate surface area is 125 Å². The van der Waals surface area contributed by atoms with Crippen LogP contribution in [0.15, 0.2) is 36.7 Å². The SMILES string of the molecule is O=C(O)c1cccnc1[Se][Se]c1ncccc1C(=O)O. The van der Waals surface area contributed by atoms with Gasteiger partial charge < -0.3 is 0 Å². The minimum atomic E-state index is -1.02. The Morgan fingerprint density at radius 1 is 0.850 bits per heavy atom. The van der Waals surface area contributed by atoms with E-state index < -0.39 is 11.9 Å². The zero-order chi connectivity index (χ0) is 14.5. The van der Waals surface area contributed by atoms with Crippen LogP contribution in [0.4, 0.5) is 0 Å². The maximum absolute atomic E-state index is 11.1. The van der Waals surface area contributed by atoms with Crippen LogP contribution >= 0.6 is 0 Å². The second-order valence-corrected chi connectivity index (χ2v) is 9.45. The Kier molecular flexibility index (Phi) is 4.87. The van der Waals surface area contributed by atoms with Crippen molar-refractivity contribution >= 4 is 47.4 Å². The van der Waals surface area contributed by atoms with Gasteiger partial charge in [-0.15, -0.1) is 0 Å². The molecule has 0 aliphatic carbocycles. The second kappa shape index (κ2) is 6.63. The van der Waals surface area contributed by atoms with Gasteiger partial charge in [-0.3, -0.25) is 0 Å². The van der Waals surface area contributed by atoms with E-state index >= 15 is 0 Å². The predicted molar refractivity (Wildman–Crippen MR) is 73.2 cm³/mol. The van der Waals surface area contributed by atoms with E-state index in [1.807, 2.05) is 0 Å². The van der Waals surface area contributed by atoms with Crippen molar-refractivity contribution in [3.8, 4) is 0 Å². The van der Waals surface area contributed by atoms with Gasteiger partial charge in [-0.05, 0) is 0 Å². The van der Waals surface area contributed by atoms with E-state index in [4.69, 9.17) is 10.2 Å². The quantitative estimate of drug-likeness (QED) is 0.632. The standard InChI is InChI=1S/C12H8N2O4Se2/c15-11(16)7-3-1-5-13-9(7)19-20-10-8(12(17)18)4-2-6-14-10/h1-6H,(H,15,16)(H,17,18). The third kappa shape index (κ3) is 3.43. The Bertz CT molecular complexity index is 606. The molecule has 20 heavy (non-hydrogen) atoms. The maximum atomic E-state index is 11.1. The molecule has 0 spiro atoms. The number of pyridine rings is 2. The summed E-state index contributed by atoms with van der Waals surface area (Å²) in [6, 6.07) is 6.14. The summed E-state index contributed by atoms with van der Waals surface area (Å²) in [5, 5.41) is 18.1. The number of aromatic carboxylic acids is 2. The number of nitrogens with zero attached hydrogens (tertiary/aromatic N) is 2. The fourth-order valence-electron chi connectivity index (χ4n) is 1.32. The summed E-state index contributed by atoms with van der Waals surface area (Å²) in [6.45, 7) is 0. The molecule has 0 aliphatic heterocycles. The molecular formula is C12H8N2O4Se2. The van der Waals surface area contributed by atoms with Crippen LogP contribution in [-0.2, 0) is 0 Å². The summed E-state index contributed by atoms with van der Waals surface area (Å²) < 4.78 is 1.02. The average molecular weight is 402 g/mol. The Hall–Kier alpha value is -1.72. The van der Waals surface area contributed by atoms with Gasteiger partial charge in [-0.1, -0.05) is 0 Å². The second-order valence-electron chi connectivity index (χ2n) is 3.49. The van der Waals surface area contributed by atoms with Gasteiger partial charge in [-0.2, -0.15) is 0 Å². The van der Waals surface area contributed by atoms with Gasteiger partial charge in [0.2, 0.25) is 0 Å². The van der Waals surface area contributed by atoms with Crippen LogP contribution in [0, 0.1) is 0 Å². The molecule has 102 valence electrons. The predicted octanol–water partition coefficient (Wildman–Crippen LogP) is -0.853. The van der Waals surface area contributed by atoms with E-state index in [2.05, 4.69) is 9.97 Å². The summed E-state index contributed by atoms with van der Waals surface area (Å²) >= 11 is -0.471. The molecule has 0 fully saturated rings. The van der Waals surface area contributed by atoms with Crippen molar-refractivity contribution in [1.29, 1.82) is 0 Å². The van der Waals surface area contributed by atoms with E-state index in [1.165, 1.54) is 24.5 Å². The molecular weight excluding hydrogens is 394 g/mol. The molecule has 0 radical (unpaired) electrons. The number of hydrogen-bond acceptors (Lipinski definition) is 4. The molecule has 6 nitrogen and oxygen atoms in total. The van der Waals surface area contributed by atoms with Crippen molar-refractivity contribution in [2.45, 2.75) is 0 Å². The van der Waals surface area contributed by atoms with Crippen molar-refractivity contribution in [2.75, 3.05) is 0 Å². The van der Waals surface area contributed by atoms with Crippen molar-refractivity contribution in [3.05, 3.63) is 47.8 Å². The summed E-state index contributed by atoms with van der Waals surface area (Å²) in [6.07, 6.45) is 3.08. The first-order valence-electron chi connectivity index (χ1n) is 5.30. The number of carbonyl (C=O) groups is 2. The third-order valence-electron chi connectivity index (χ3n) is 2.20. The van der Waals surface area contributed by atoms with Gasteiger partial charge in [0.1, 0.15) is 0 Å². The molecule has 2 aromatic heterocycles. The Balaban J connectivity index is 2.22. The van der Waals surface area contributed by atoms with E-state index in [0.29, 0.717) is 9.18 Å². The van der Waals surface area contributed by atoms with Crippen molar-refractivity contribution in [3.63, 3.8) is 0 Å². The Morgan fingerprint density at radius 2 is 1.25 bits per heavy atom. The van der Waals surface area contributed by atoms with E-state index in [1.54, 1.807) is 12.1 Å². The van der Waals surface area contributed by atoms with Crippen LogP contribution in [0.1, 0.15) is 20.7 Å². The molecule has 0 atom stereocenters. The van der Waals surface area contributed by atoms with E-state index in [0.717, 1.165) is 0 Å². The molecule has 0 bridgehead atoms. The zero-order valence-electron chi connectivity index (χ0n) is 9.89. The van der Waals surface area contributed by atoms with Gasteiger partial charge in [-0.25, -0.2) is 0 Å². The molecule has 2 heterocycles. The molecule has 8 heteroatoms. The number of hydrogen-bond donors (Lipinski definition) is 2. The van der Waals surface area contributed by atoms with Crippen molar-refractivity contribution in [1.82, 2.24) is 9.97 Å². The number of carboxylic acids is 2. The summed E-state index contributed by atoms with van der Waals surface area (Å²) in [7, 11) is 0. The summed E-state index contributed by atoms with van der Waals surface area (Å²) in [4.78, 5) is 30.3. The molecule has 2 N–H and O–H groups in total. The molecule has 0 saturated carbocycles. The average Bonchev–Trinajstić information content (AvgIpc) is 2.45. The first-order valence-corrected chi connectivity index (χ1v) is 11.4. The zero-order valence-corrected chi connectivity index (χ0v) is 13.3. The van der Waals surface area contributed by atoms with Crippen LogP contribution < -0.4 is 9.18 Å². The van der Waals surface area contributed by atoms with Crippen LogP contribution in [0.5, 0.6) is 0 Å². The van der Waals surface area contributed by atoms with Crippen LogP contribution in [0.25, 0.3) is 0 Å². The molecule has 0 unspecified atom stereocenters. The molecule has 0 saturated heterocycles. The summed E-state index contributed by atoms with van der Waals surface area (Å²) in [5.41, 5.74) is 0.337. The first kappa shape index (κ1) is 14.7. The summed E-state index contributed by atoms with van der Waals surface area (Å²) in [5.74, 6) is -2.05. The molecule has 0 aromatic carbocycles. The van der Waals surface area contributed by atoms with Crippen molar-refractivity contribution in [2.24, 2.45) is 0 Å². The normalized spacial score (nSPS) is 10.2. The molecule has 0 aliphatic rings.